The second-order valence-electron chi connectivity index (χ2n) is 6.86. The van der Waals surface area contributed by atoms with Gasteiger partial charge in [0.25, 0.3) is 0 Å². The van der Waals surface area contributed by atoms with Gasteiger partial charge >= 0.3 is 0 Å². The number of anilines is 1. The highest BCUT2D eigenvalue weighted by molar-refractivity contribution is 6.30. The maximum atomic E-state index is 6.07. The molecule has 1 fully saturated rings. The predicted octanol–water partition coefficient (Wildman–Crippen LogP) is 3.90. The largest absolute Gasteiger partial charge is 0.379 e. The summed E-state index contributed by atoms with van der Waals surface area (Å²) < 4.78 is 5.40. The van der Waals surface area contributed by atoms with Gasteiger partial charge in [0, 0.05) is 54.5 Å². The molecule has 0 radical (unpaired) electrons. The van der Waals surface area contributed by atoms with Crippen molar-refractivity contribution < 1.29 is 16.3 Å². The maximum absolute atomic E-state index is 6.07. The Kier molecular flexibility index (Phi) is 6.62. The number of ether oxygens (including phenoxy) is 1. The molecule has 0 bridgehead atoms. The van der Waals surface area contributed by atoms with Gasteiger partial charge in [0.15, 0.2) is 11.6 Å². The summed E-state index contributed by atoms with van der Waals surface area (Å²) in [6, 6.07) is 15.5. The molecule has 0 spiro atoms. The summed E-state index contributed by atoms with van der Waals surface area (Å²) >= 11 is 11.3. The Labute approximate surface area is 180 Å². The number of benzene rings is 2. The zero-order valence-electron chi connectivity index (χ0n) is 16.0. The van der Waals surface area contributed by atoms with E-state index in [9.17, 15) is 0 Å². The fourth-order valence-electron chi connectivity index (χ4n) is 3.27. The van der Waals surface area contributed by atoms with E-state index in [4.69, 9.17) is 37.9 Å². The predicted molar refractivity (Wildman–Crippen MR) is 114 cm³/mol. The fourth-order valence-corrected chi connectivity index (χ4v) is 3.54. The van der Waals surface area contributed by atoms with Crippen LogP contribution in [-0.4, -0.2) is 54.3 Å². The van der Waals surface area contributed by atoms with Gasteiger partial charge in [-0.15, -0.1) is 0 Å². The minimum absolute atomic E-state index is 0.693. The summed E-state index contributed by atoms with van der Waals surface area (Å²) in [5.74, 6) is 0.756. The van der Waals surface area contributed by atoms with Gasteiger partial charge in [-0.25, -0.2) is 4.98 Å². The molecule has 1 aliphatic rings. The van der Waals surface area contributed by atoms with Crippen molar-refractivity contribution in [3.05, 3.63) is 64.8 Å². The molecular formula is C22H23Cl2N4O+. The van der Waals surface area contributed by atoms with Crippen LogP contribution in [0, 0.1) is 11.6 Å². The lowest BCUT2D eigenvalue weighted by molar-refractivity contribution is -0.288. The van der Waals surface area contributed by atoms with E-state index in [1.807, 2.05) is 48.5 Å². The van der Waals surface area contributed by atoms with Gasteiger partial charge in [0.05, 0.1) is 30.8 Å². The smallest absolute Gasteiger partial charge is 0.225 e. The quantitative estimate of drug-likeness (QED) is 0.643. The molecule has 7 heteroatoms. The van der Waals surface area contributed by atoms with Crippen LogP contribution in [0.2, 0.25) is 10.0 Å². The lowest BCUT2D eigenvalue weighted by atomic mass is 10.0. The number of rotatable bonds is 6. The molecule has 0 unspecified atom stereocenters. The van der Waals surface area contributed by atoms with Crippen molar-refractivity contribution in [2.75, 3.05) is 44.7 Å². The second-order valence-corrected chi connectivity index (χ2v) is 7.77. The van der Waals surface area contributed by atoms with Crippen LogP contribution in [0.25, 0.3) is 22.5 Å². The monoisotopic (exact) mass is 429 g/mol. The lowest BCUT2D eigenvalue weighted by Crippen LogP contribution is -2.39. The third-order valence-corrected chi connectivity index (χ3v) is 5.38. The minimum Gasteiger partial charge on any atom is -0.379 e. The molecule has 0 aliphatic carbocycles. The summed E-state index contributed by atoms with van der Waals surface area (Å²) in [5.41, 5.74) is 3.59. The first-order chi connectivity index (χ1) is 14.2. The number of hydrogen-bond donors (Lipinski definition) is 1. The normalized spacial score (nSPS) is 14.7. The number of hydrogen-bond acceptors (Lipinski definition) is 5. The standard InChI is InChI=1S/C22H23Cl2N4O/c23-18-5-1-16(2-6-18)21-22(17-3-7-19(24)8-4-17)27-20(15-26-21)25-9-10-28-11-13-29-14-12-28/h1-8,15,23H,9-14H2,(H,25,27)/q+1. The van der Waals surface area contributed by atoms with E-state index in [-0.39, 0.29) is 0 Å². The van der Waals surface area contributed by atoms with Gasteiger partial charge in [-0.05, 0) is 24.3 Å². The van der Waals surface area contributed by atoms with Crippen LogP contribution in [0.15, 0.2) is 54.7 Å². The van der Waals surface area contributed by atoms with E-state index in [1.54, 1.807) is 6.20 Å². The summed E-state index contributed by atoms with van der Waals surface area (Å²) in [6.45, 7) is 5.31. The zero-order chi connectivity index (χ0) is 20.1. The SMILES string of the molecule is Clc1ccc(-c2nc(NCCN3CCOCC3)cnc2-c2ccc([ClH+])cc2)cc1. The average Bonchev–Trinajstić information content (AvgIpc) is 2.76. The van der Waals surface area contributed by atoms with Crippen molar-refractivity contribution in [2.24, 2.45) is 0 Å². The Hall–Kier alpha value is -2.18. The van der Waals surface area contributed by atoms with Gasteiger partial charge in [-0.3, -0.25) is 9.88 Å². The molecule has 29 heavy (non-hydrogen) atoms. The first kappa shape index (κ1) is 20.1. The summed E-state index contributed by atoms with van der Waals surface area (Å²) in [4.78, 5) is 12.0. The van der Waals surface area contributed by atoms with Gasteiger partial charge in [-0.2, -0.15) is 0 Å². The molecule has 2 heterocycles. The van der Waals surface area contributed by atoms with Crippen LogP contribution < -0.4 is 5.32 Å². The Bertz CT molecular complexity index is 942. The van der Waals surface area contributed by atoms with Gasteiger partial charge < -0.3 is 10.1 Å². The molecule has 0 amide bonds. The Morgan fingerprint density at radius 1 is 0.966 bits per heavy atom. The van der Waals surface area contributed by atoms with Crippen LogP contribution >= 0.6 is 11.6 Å². The second kappa shape index (κ2) is 9.55. The molecule has 1 aromatic heterocycles. The lowest BCUT2D eigenvalue weighted by Gasteiger charge is -2.26. The summed E-state index contributed by atoms with van der Waals surface area (Å²) in [6.07, 6.45) is 1.79. The molecule has 1 N–H and O–H groups in total. The van der Waals surface area contributed by atoms with Crippen LogP contribution in [-0.2, 0) is 4.74 Å². The average molecular weight is 430 g/mol. The van der Waals surface area contributed by atoms with Crippen molar-refractivity contribution in [1.29, 1.82) is 0 Å². The van der Waals surface area contributed by atoms with Crippen LogP contribution in [0.3, 0.4) is 0 Å². The van der Waals surface area contributed by atoms with E-state index in [2.05, 4.69) is 10.2 Å². The van der Waals surface area contributed by atoms with Crippen molar-refractivity contribution in [2.45, 2.75) is 0 Å². The third-order valence-electron chi connectivity index (χ3n) is 4.86. The molecule has 0 saturated carbocycles. The number of nitrogens with one attached hydrogen (secondary N) is 1. The maximum Gasteiger partial charge on any atom is 0.225 e. The Balaban J connectivity index is 1.58. The van der Waals surface area contributed by atoms with E-state index < -0.39 is 0 Å². The topological polar surface area (TPSA) is 50.3 Å². The van der Waals surface area contributed by atoms with E-state index >= 15 is 0 Å². The molecule has 5 nitrogen and oxygen atoms in total. The van der Waals surface area contributed by atoms with Crippen LogP contribution in [0.4, 0.5) is 5.82 Å². The highest BCUT2D eigenvalue weighted by Crippen LogP contribution is 2.30. The van der Waals surface area contributed by atoms with E-state index in [1.165, 1.54) is 0 Å². The van der Waals surface area contributed by atoms with E-state index in [0.29, 0.717) is 5.02 Å². The van der Waals surface area contributed by atoms with Gasteiger partial charge in [-0.1, -0.05) is 23.7 Å². The number of nitrogens with zero attached hydrogens (tertiary/aromatic N) is 3. The van der Waals surface area contributed by atoms with E-state index in [0.717, 1.165) is 72.7 Å². The first-order valence-corrected chi connectivity index (χ1v) is 10.4. The molecule has 150 valence electrons. The molecule has 2 aromatic carbocycles. The van der Waals surface area contributed by atoms with Crippen molar-refractivity contribution in [3.63, 3.8) is 0 Å². The number of halogens is 2. The molecule has 0 atom stereocenters. The van der Waals surface area contributed by atoms with Crippen molar-refractivity contribution in [3.8, 4) is 22.5 Å². The highest BCUT2D eigenvalue weighted by atomic mass is 35.5. The molecule has 4 rings (SSSR count). The van der Waals surface area contributed by atoms with Crippen molar-refractivity contribution in [1.82, 2.24) is 14.9 Å². The zero-order valence-corrected chi connectivity index (χ0v) is 17.5. The molecule has 1 saturated heterocycles. The fraction of sp³-hybridized carbons (Fsp3) is 0.273. The molecule has 3 aromatic rings. The van der Waals surface area contributed by atoms with Gasteiger partial charge in [0.2, 0.25) is 5.02 Å². The number of morpholine rings is 1. The summed E-state index contributed by atoms with van der Waals surface area (Å²) in [5, 5.41) is 4.90. The van der Waals surface area contributed by atoms with Crippen LogP contribution in [0.1, 0.15) is 0 Å². The molecule has 1 aliphatic heterocycles. The summed E-state index contributed by atoms with van der Waals surface area (Å²) in [7, 11) is 0. The first-order valence-electron chi connectivity index (χ1n) is 9.63. The third kappa shape index (κ3) is 5.25. The van der Waals surface area contributed by atoms with Crippen LogP contribution in [0.5, 0.6) is 0 Å². The Morgan fingerprint density at radius 3 is 2.34 bits per heavy atom. The Morgan fingerprint density at radius 2 is 1.62 bits per heavy atom. The minimum atomic E-state index is 0.693. The van der Waals surface area contributed by atoms with Gasteiger partial charge in [0.1, 0.15) is 5.82 Å². The highest BCUT2D eigenvalue weighted by Gasteiger charge is 2.14. The number of aromatic nitrogens is 2. The van der Waals surface area contributed by atoms with Crippen molar-refractivity contribution >= 4 is 17.4 Å². The molecular weight excluding hydrogens is 407 g/mol.